The number of aryl methyl sites for hydroxylation is 1. The van der Waals surface area contributed by atoms with E-state index in [-0.39, 0.29) is 12.7 Å². The Morgan fingerprint density at radius 1 is 0.970 bits per heavy atom. The normalized spacial score (nSPS) is 16.5. The maximum Gasteiger partial charge on any atom is 0.145 e. The van der Waals surface area contributed by atoms with Gasteiger partial charge in [0.2, 0.25) is 0 Å². The second-order valence-corrected chi connectivity index (χ2v) is 8.62. The second kappa shape index (κ2) is 11.8. The fraction of sp³-hybridized carbons (Fsp3) is 0.321. The molecule has 0 spiro atoms. The number of ether oxygens (including phenoxy) is 1. The number of rotatable bonds is 11. The number of nitrogens with zero attached hydrogens (tertiary/aromatic N) is 2. The van der Waals surface area contributed by atoms with Crippen LogP contribution in [0.25, 0.3) is 0 Å². The number of hydrogen-bond donors (Lipinski definition) is 1. The molecule has 2 atom stereocenters. The topological polar surface area (TPSA) is 54.3 Å². The first kappa shape index (κ1) is 23.2. The average molecular weight is 445 g/mol. The van der Waals surface area contributed by atoms with Crippen LogP contribution in [0.2, 0.25) is 0 Å². The van der Waals surface area contributed by atoms with Gasteiger partial charge in [-0.15, -0.1) is 0 Å². The smallest absolute Gasteiger partial charge is 0.145 e. The zero-order valence-electron chi connectivity index (χ0n) is 19.1. The Kier molecular flexibility index (Phi) is 8.25. The van der Waals surface area contributed by atoms with Crippen LogP contribution in [0.3, 0.4) is 0 Å². The van der Waals surface area contributed by atoms with Gasteiger partial charge in [-0.3, -0.25) is 4.90 Å². The number of aliphatic hydroxyl groups is 1. The minimum Gasteiger partial charge on any atom is -0.390 e. The van der Waals surface area contributed by atoms with Gasteiger partial charge in [0, 0.05) is 31.6 Å². The fourth-order valence-corrected chi connectivity index (χ4v) is 4.15. The van der Waals surface area contributed by atoms with Crippen molar-refractivity contribution >= 4 is 5.71 Å². The Bertz CT molecular complexity index is 1020. The Hall–Kier alpha value is -2.99. The van der Waals surface area contributed by atoms with E-state index in [1.807, 2.05) is 60.7 Å². The van der Waals surface area contributed by atoms with Crippen molar-refractivity contribution in [3.63, 3.8) is 0 Å². The average Bonchev–Trinajstić information content (AvgIpc) is 3.29. The lowest BCUT2D eigenvalue weighted by molar-refractivity contribution is -0.00648. The minimum absolute atomic E-state index is 0.0410. The predicted molar refractivity (Wildman–Crippen MR) is 131 cm³/mol. The monoisotopic (exact) mass is 444 g/mol. The molecule has 0 aromatic heterocycles. The Balaban J connectivity index is 1.33. The molecule has 0 unspecified atom stereocenters. The highest BCUT2D eigenvalue weighted by molar-refractivity contribution is 6.02. The van der Waals surface area contributed by atoms with E-state index in [1.54, 1.807) is 0 Å². The number of oxime groups is 1. The van der Waals surface area contributed by atoms with Gasteiger partial charge in [-0.25, -0.2) is 0 Å². The molecule has 0 saturated heterocycles. The Labute approximate surface area is 196 Å². The summed E-state index contributed by atoms with van der Waals surface area (Å²) in [5.41, 5.74) is 5.64. The Morgan fingerprint density at radius 3 is 2.36 bits per heavy atom. The van der Waals surface area contributed by atoms with E-state index in [1.165, 1.54) is 11.1 Å². The molecule has 4 rings (SSSR count). The summed E-state index contributed by atoms with van der Waals surface area (Å²) < 4.78 is 5.76. The number of hydrogen-bond acceptors (Lipinski definition) is 5. The van der Waals surface area contributed by atoms with E-state index in [0.29, 0.717) is 19.7 Å². The van der Waals surface area contributed by atoms with Crippen LogP contribution in [-0.2, 0) is 22.7 Å². The van der Waals surface area contributed by atoms with E-state index in [9.17, 15) is 5.11 Å². The lowest BCUT2D eigenvalue weighted by Crippen LogP contribution is -2.39. The number of benzene rings is 3. The highest BCUT2D eigenvalue weighted by atomic mass is 16.6. The van der Waals surface area contributed by atoms with Crippen molar-refractivity contribution < 1.29 is 14.7 Å². The molecule has 1 aliphatic heterocycles. The summed E-state index contributed by atoms with van der Waals surface area (Å²) in [7, 11) is 0. The maximum absolute atomic E-state index is 10.7. The molecule has 0 saturated carbocycles. The summed E-state index contributed by atoms with van der Waals surface area (Å²) in [6.07, 6.45) is 0.132. The van der Waals surface area contributed by atoms with Gasteiger partial charge < -0.3 is 14.7 Å². The third kappa shape index (κ3) is 6.99. The molecule has 172 valence electrons. The molecule has 5 heteroatoms. The highest BCUT2D eigenvalue weighted by Crippen LogP contribution is 2.21. The van der Waals surface area contributed by atoms with Gasteiger partial charge in [-0.05, 0) is 23.6 Å². The fourth-order valence-electron chi connectivity index (χ4n) is 4.15. The van der Waals surface area contributed by atoms with Gasteiger partial charge >= 0.3 is 0 Å². The molecule has 1 N–H and O–H groups in total. The maximum atomic E-state index is 10.7. The summed E-state index contributed by atoms with van der Waals surface area (Å²) >= 11 is 0. The molecule has 3 aromatic carbocycles. The van der Waals surface area contributed by atoms with E-state index in [2.05, 4.69) is 41.2 Å². The quantitative estimate of drug-likeness (QED) is 0.471. The predicted octanol–water partition coefficient (Wildman–Crippen LogP) is 4.57. The van der Waals surface area contributed by atoms with Gasteiger partial charge in [-0.2, -0.15) is 0 Å². The summed E-state index contributed by atoms with van der Waals surface area (Å²) in [6, 6.07) is 28.6. The molecule has 0 fully saturated rings. The van der Waals surface area contributed by atoms with Crippen molar-refractivity contribution in [3.8, 4) is 0 Å². The lowest BCUT2D eigenvalue weighted by Gasteiger charge is -2.27. The lowest BCUT2D eigenvalue weighted by atomic mass is 10.00. The van der Waals surface area contributed by atoms with Crippen molar-refractivity contribution in [2.75, 3.05) is 19.7 Å². The molecule has 0 bridgehead atoms. The van der Waals surface area contributed by atoms with Crippen molar-refractivity contribution in [1.29, 1.82) is 0 Å². The first-order valence-electron chi connectivity index (χ1n) is 11.5. The Morgan fingerprint density at radius 2 is 1.64 bits per heavy atom. The molecule has 33 heavy (non-hydrogen) atoms. The van der Waals surface area contributed by atoms with Gasteiger partial charge in [0.1, 0.15) is 6.10 Å². The van der Waals surface area contributed by atoms with Gasteiger partial charge in [-0.1, -0.05) is 90.1 Å². The van der Waals surface area contributed by atoms with Crippen molar-refractivity contribution in [3.05, 3.63) is 107 Å². The largest absolute Gasteiger partial charge is 0.390 e. The van der Waals surface area contributed by atoms with Gasteiger partial charge in [0.25, 0.3) is 0 Å². The SMILES string of the molecule is Cc1ccccc1C1=NO[C@@H](CN(Cc2ccccc2)C[C@H](O)COCc2ccccc2)C1. The molecule has 1 heterocycles. The van der Waals surface area contributed by atoms with E-state index in [0.717, 1.165) is 29.8 Å². The summed E-state index contributed by atoms with van der Waals surface area (Å²) in [5.74, 6) is 0. The van der Waals surface area contributed by atoms with Gasteiger partial charge in [0.15, 0.2) is 0 Å². The van der Waals surface area contributed by atoms with Crippen LogP contribution in [0, 0.1) is 6.92 Å². The van der Waals surface area contributed by atoms with E-state index in [4.69, 9.17) is 9.57 Å². The summed E-state index contributed by atoms with van der Waals surface area (Å²) in [4.78, 5) is 8.03. The molecule has 1 aliphatic rings. The molecule has 5 nitrogen and oxygen atoms in total. The first-order valence-corrected chi connectivity index (χ1v) is 11.5. The zero-order chi connectivity index (χ0) is 22.9. The second-order valence-electron chi connectivity index (χ2n) is 8.62. The van der Waals surface area contributed by atoms with Crippen molar-refractivity contribution in [2.24, 2.45) is 5.16 Å². The van der Waals surface area contributed by atoms with Crippen LogP contribution >= 0.6 is 0 Å². The van der Waals surface area contributed by atoms with Crippen LogP contribution in [-0.4, -0.2) is 47.6 Å². The van der Waals surface area contributed by atoms with Crippen LogP contribution in [0.1, 0.15) is 28.7 Å². The van der Waals surface area contributed by atoms with Crippen molar-refractivity contribution in [1.82, 2.24) is 4.90 Å². The van der Waals surface area contributed by atoms with Crippen LogP contribution in [0.15, 0.2) is 90.1 Å². The van der Waals surface area contributed by atoms with Crippen LogP contribution in [0.4, 0.5) is 0 Å². The third-order valence-electron chi connectivity index (χ3n) is 5.79. The molecule has 0 amide bonds. The third-order valence-corrected chi connectivity index (χ3v) is 5.79. The van der Waals surface area contributed by atoms with Crippen molar-refractivity contribution in [2.45, 2.75) is 38.7 Å². The summed E-state index contributed by atoms with van der Waals surface area (Å²) in [6.45, 7) is 4.80. The zero-order valence-corrected chi connectivity index (χ0v) is 19.1. The van der Waals surface area contributed by atoms with Gasteiger partial charge in [0.05, 0.1) is 25.0 Å². The van der Waals surface area contributed by atoms with E-state index < -0.39 is 6.10 Å². The van der Waals surface area contributed by atoms with E-state index >= 15 is 0 Å². The number of aliphatic hydroxyl groups excluding tert-OH is 1. The molecule has 0 aliphatic carbocycles. The van der Waals surface area contributed by atoms with Crippen LogP contribution < -0.4 is 0 Å². The first-order chi connectivity index (χ1) is 16.2. The van der Waals surface area contributed by atoms with Crippen LogP contribution in [0.5, 0.6) is 0 Å². The highest BCUT2D eigenvalue weighted by Gasteiger charge is 2.26. The molecule has 0 radical (unpaired) electrons. The molecule has 3 aromatic rings. The minimum atomic E-state index is -0.587. The molecular formula is C28H32N2O3. The standard InChI is InChI=1S/C28H32N2O3/c1-22-10-8-9-15-27(22)28-16-26(33-29-28)19-30(17-23-11-4-2-5-12-23)18-25(31)21-32-20-24-13-6-3-7-14-24/h2-15,25-26,31H,16-21H2,1H3/t25-,26+/m0/s1. The molecular weight excluding hydrogens is 412 g/mol. The summed E-state index contributed by atoms with van der Waals surface area (Å²) in [5, 5.41) is 15.1.